The highest BCUT2D eigenvalue weighted by molar-refractivity contribution is 7.80. The van der Waals surface area contributed by atoms with Crippen LogP contribution in [0.4, 0.5) is 5.69 Å². The fourth-order valence-corrected chi connectivity index (χ4v) is 3.37. The lowest BCUT2D eigenvalue weighted by Crippen LogP contribution is -2.34. The summed E-state index contributed by atoms with van der Waals surface area (Å²) in [6.07, 6.45) is 0. The van der Waals surface area contributed by atoms with Crippen LogP contribution in [0.3, 0.4) is 0 Å². The number of imidazole rings is 1. The monoisotopic (exact) mass is 440 g/mol. The van der Waals surface area contributed by atoms with Gasteiger partial charge in [0.25, 0.3) is 5.91 Å². The Morgan fingerprint density at radius 2 is 1.83 bits per heavy atom. The summed E-state index contributed by atoms with van der Waals surface area (Å²) in [5, 5.41) is 6.64. The van der Waals surface area contributed by atoms with Gasteiger partial charge in [0.15, 0.2) is 5.11 Å². The molecule has 0 unspecified atom stereocenters. The van der Waals surface area contributed by atoms with E-state index in [2.05, 4.69) is 20.6 Å². The maximum Gasteiger partial charge on any atom is 0.257 e. The maximum atomic E-state index is 12.3. The average molecular weight is 441 g/mol. The fourth-order valence-electron chi connectivity index (χ4n) is 2.82. The number of hydrogen-bond acceptors (Lipinski definition) is 3. The van der Waals surface area contributed by atoms with Crippen molar-refractivity contribution in [2.24, 2.45) is 0 Å². The van der Waals surface area contributed by atoms with Crippen LogP contribution in [0.25, 0.3) is 22.4 Å². The van der Waals surface area contributed by atoms with Crippen molar-refractivity contribution >= 4 is 63.2 Å². The molecule has 0 aliphatic heterocycles. The first kappa shape index (κ1) is 19.4. The second-order valence-electron chi connectivity index (χ2n) is 6.22. The largest absolute Gasteiger partial charge is 0.338 e. The predicted octanol–water partition coefficient (Wildman–Crippen LogP) is 5.66. The summed E-state index contributed by atoms with van der Waals surface area (Å²) in [6, 6.07) is 19.8. The molecule has 3 aromatic carbocycles. The lowest BCUT2D eigenvalue weighted by Gasteiger charge is -2.12. The van der Waals surface area contributed by atoms with Gasteiger partial charge in [-0.15, -0.1) is 0 Å². The maximum absolute atomic E-state index is 12.3. The number of rotatable bonds is 3. The molecule has 1 aromatic heterocycles. The highest BCUT2D eigenvalue weighted by atomic mass is 35.5. The van der Waals surface area contributed by atoms with E-state index in [9.17, 15) is 4.79 Å². The van der Waals surface area contributed by atoms with Gasteiger partial charge in [0, 0.05) is 16.1 Å². The van der Waals surface area contributed by atoms with Crippen LogP contribution < -0.4 is 10.6 Å². The molecule has 8 heteroatoms. The zero-order valence-electron chi connectivity index (χ0n) is 14.9. The van der Waals surface area contributed by atoms with Gasteiger partial charge >= 0.3 is 0 Å². The Bertz CT molecular complexity index is 1210. The van der Waals surface area contributed by atoms with Crippen LogP contribution >= 0.6 is 35.4 Å². The number of aromatic nitrogens is 2. The minimum Gasteiger partial charge on any atom is -0.338 e. The zero-order chi connectivity index (χ0) is 20.4. The average Bonchev–Trinajstić information content (AvgIpc) is 3.14. The molecule has 0 radical (unpaired) electrons. The van der Waals surface area contributed by atoms with Crippen molar-refractivity contribution in [1.29, 1.82) is 0 Å². The normalized spacial score (nSPS) is 10.7. The second-order valence-corrected chi connectivity index (χ2v) is 7.47. The molecule has 3 N–H and O–H groups in total. The lowest BCUT2D eigenvalue weighted by atomic mass is 10.2. The number of carbonyl (C=O) groups excluding carboxylic acids is 1. The smallest absolute Gasteiger partial charge is 0.257 e. The summed E-state index contributed by atoms with van der Waals surface area (Å²) in [4.78, 5) is 20.2. The second kappa shape index (κ2) is 8.21. The van der Waals surface area contributed by atoms with Crippen molar-refractivity contribution in [3.63, 3.8) is 0 Å². The highest BCUT2D eigenvalue weighted by Gasteiger charge is 2.12. The first-order valence-electron chi connectivity index (χ1n) is 8.62. The Kier molecular flexibility index (Phi) is 5.49. The van der Waals surface area contributed by atoms with Gasteiger partial charge in [0.05, 0.1) is 21.7 Å². The lowest BCUT2D eigenvalue weighted by molar-refractivity contribution is 0.0977. The predicted molar refractivity (Wildman–Crippen MR) is 122 cm³/mol. The van der Waals surface area contributed by atoms with Crippen molar-refractivity contribution in [1.82, 2.24) is 15.3 Å². The van der Waals surface area contributed by atoms with Gasteiger partial charge in [-0.25, -0.2) is 4.98 Å². The molecule has 0 aliphatic rings. The number of anilines is 1. The van der Waals surface area contributed by atoms with Gasteiger partial charge in [-0.2, -0.15) is 0 Å². The van der Waals surface area contributed by atoms with E-state index in [0.717, 1.165) is 16.6 Å². The summed E-state index contributed by atoms with van der Waals surface area (Å²) in [5.41, 5.74) is 3.61. The fraction of sp³-hybridized carbons (Fsp3) is 0. The molecule has 4 aromatic rings. The third-order valence-corrected chi connectivity index (χ3v) is 4.96. The summed E-state index contributed by atoms with van der Waals surface area (Å²) >= 11 is 17.5. The quantitative estimate of drug-likeness (QED) is 0.359. The number of para-hydroxylation sites is 2. The van der Waals surface area contributed by atoms with E-state index < -0.39 is 0 Å². The van der Waals surface area contributed by atoms with Gasteiger partial charge < -0.3 is 10.3 Å². The Morgan fingerprint density at radius 1 is 1.00 bits per heavy atom. The van der Waals surface area contributed by atoms with Crippen LogP contribution in [0.15, 0.2) is 66.7 Å². The number of benzene rings is 3. The number of H-pyrrole nitrogens is 1. The van der Waals surface area contributed by atoms with Crippen molar-refractivity contribution < 1.29 is 4.79 Å². The number of amides is 1. The molecule has 5 nitrogen and oxygen atoms in total. The minimum atomic E-state index is -0.366. The van der Waals surface area contributed by atoms with Crippen molar-refractivity contribution in [3.05, 3.63) is 82.3 Å². The van der Waals surface area contributed by atoms with E-state index in [0.29, 0.717) is 27.1 Å². The summed E-state index contributed by atoms with van der Waals surface area (Å²) in [6.45, 7) is 0. The molecule has 144 valence electrons. The molecular weight excluding hydrogens is 427 g/mol. The van der Waals surface area contributed by atoms with Gasteiger partial charge in [-0.1, -0.05) is 41.4 Å². The number of carbonyl (C=O) groups is 1. The van der Waals surface area contributed by atoms with Crippen molar-refractivity contribution in [2.75, 3.05) is 5.32 Å². The number of aromatic amines is 1. The Morgan fingerprint density at radius 3 is 2.62 bits per heavy atom. The number of nitrogens with one attached hydrogen (secondary N) is 3. The topological polar surface area (TPSA) is 69.8 Å². The van der Waals surface area contributed by atoms with E-state index in [1.807, 2.05) is 36.4 Å². The van der Waals surface area contributed by atoms with Crippen LogP contribution in [0.5, 0.6) is 0 Å². The molecule has 0 bridgehead atoms. The molecule has 29 heavy (non-hydrogen) atoms. The van der Waals surface area contributed by atoms with Crippen LogP contribution in [-0.4, -0.2) is 21.0 Å². The third-order valence-electron chi connectivity index (χ3n) is 4.19. The van der Waals surface area contributed by atoms with Gasteiger partial charge in [-0.3, -0.25) is 10.1 Å². The Hall–Kier alpha value is -2.93. The van der Waals surface area contributed by atoms with Crippen LogP contribution in [0, 0.1) is 0 Å². The van der Waals surface area contributed by atoms with Gasteiger partial charge in [0.2, 0.25) is 0 Å². The van der Waals surface area contributed by atoms with Crippen LogP contribution in [0.2, 0.25) is 10.0 Å². The molecule has 0 aliphatic carbocycles. The molecule has 0 spiro atoms. The van der Waals surface area contributed by atoms with Crippen molar-refractivity contribution in [3.8, 4) is 11.4 Å². The molecule has 1 heterocycles. The SMILES string of the molecule is O=C(NC(=S)Nc1cc(-c2nc3ccccc3[nH]2)ccc1Cl)c1cccc(Cl)c1. The Labute approximate surface area is 182 Å². The molecule has 1 amide bonds. The Balaban J connectivity index is 1.53. The van der Waals surface area contributed by atoms with Crippen LogP contribution in [0.1, 0.15) is 10.4 Å². The molecule has 0 atom stereocenters. The number of halogens is 2. The highest BCUT2D eigenvalue weighted by Crippen LogP contribution is 2.28. The summed E-state index contributed by atoms with van der Waals surface area (Å²) in [5.74, 6) is 0.342. The van der Waals surface area contributed by atoms with E-state index >= 15 is 0 Å². The summed E-state index contributed by atoms with van der Waals surface area (Å²) < 4.78 is 0. The van der Waals surface area contributed by atoms with Gasteiger partial charge in [0.1, 0.15) is 5.82 Å². The molecule has 0 saturated heterocycles. The van der Waals surface area contributed by atoms with E-state index in [-0.39, 0.29) is 11.0 Å². The van der Waals surface area contributed by atoms with E-state index in [1.54, 1.807) is 30.3 Å². The van der Waals surface area contributed by atoms with Gasteiger partial charge in [-0.05, 0) is 60.7 Å². The number of thiocarbonyl (C=S) groups is 1. The summed E-state index contributed by atoms with van der Waals surface area (Å²) in [7, 11) is 0. The number of hydrogen-bond donors (Lipinski definition) is 3. The molecule has 0 saturated carbocycles. The molecule has 4 rings (SSSR count). The minimum absolute atomic E-state index is 0.124. The molecular formula is C21H14Cl2N4OS. The third kappa shape index (κ3) is 4.40. The van der Waals surface area contributed by atoms with Crippen LogP contribution in [-0.2, 0) is 0 Å². The first-order valence-corrected chi connectivity index (χ1v) is 9.78. The number of nitrogens with zero attached hydrogens (tertiary/aromatic N) is 1. The number of fused-ring (bicyclic) bond motifs is 1. The standard InChI is InChI=1S/C21H14Cl2N4OS/c22-14-5-3-4-13(10-14)20(28)27-21(29)26-18-11-12(8-9-15(18)23)19-24-16-6-1-2-7-17(16)25-19/h1-11H,(H,24,25)(H2,26,27,28,29). The van der Waals surface area contributed by atoms with E-state index in [4.69, 9.17) is 35.4 Å². The van der Waals surface area contributed by atoms with E-state index in [1.165, 1.54) is 0 Å². The first-order chi connectivity index (χ1) is 14.0. The van der Waals surface area contributed by atoms with Crippen molar-refractivity contribution in [2.45, 2.75) is 0 Å². The molecule has 0 fully saturated rings. The zero-order valence-corrected chi connectivity index (χ0v) is 17.2.